The Morgan fingerprint density at radius 3 is 2.59 bits per heavy atom. The van der Waals surface area contributed by atoms with Gasteiger partial charge < -0.3 is 26.2 Å². The first kappa shape index (κ1) is 20.3. The Bertz CT molecular complexity index is 1080. The lowest BCUT2D eigenvalue weighted by Gasteiger charge is -2.37. The first-order valence-corrected chi connectivity index (χ1v) is 9.65. The van der Waals surface area contributed by atoms with Crippen molar-refractivity contribution in [2.24, 2.45) is 11.5 Å². The van der Waals surface area contributed by atoms with E-state index in [2.05, 4.69) is 9.72 Å². The highest BCUT2D eigenvalue weighted by Crippen LogP contribution is 2.49. The minimum Gasteiger partial charge on any atom is -0.480 e. The van der Waals surface area contributed by atoms with E-state index < -0.39 is 56.5 Å². The molecule has 12 nitrogen and oxygen atoms in total. The largest absolute Gasteiger partial charge is 0.480 e. The molecule has 0 radical (unpaired) electrons. The van der Waals surface area contributed by atoms with Gasteiger partial charge >= 0.3 is 12.1 Å². The number of nitrogens with two attached hydrogens (primary N) is 2. The normalized spacial score (nSPS) is 28.5. The lowest BCUT2D eigenvalue weighted by Crippen LogP contribution is -2.59. The summed E-state index contributed by atoms with van der Waals surface area (Å²) in [6, 6.07) is 0.813. The van der Waals surface area contributed by atoms with Crippen LogP contribution in [0.3, 0.4) is 0 Å². The van der Waals surface area contributed by atoms with Gasteiger partial charge in [0.15, 0.2) is 21.3 Å². The van der Waals surface area contributed by atoms with Crippen LogP contribution in [0.1, 0.15) is 23.0 Å². The molecule has 2 saturated heterocycles. The van der Waals surface area contributed by atoms with Crippen LogP contribution in [0.25, 0.3) is 6.08 Å². The molecule has 0 spiro atoms. The van der Waals surface area contributed by atoms with E-state index in [4.69, 9.17) is 11.5 Å². The summed E-state index contributed by atoms with van der Waals surface area (Å²) in [5, 5.41) is 7.97. The van der Waals surface area contributed by atoms with Crippen molar-refractivity contribution in [1.82, 2.24) is 9.88 Å². The van der Waals surface area contributed by atoms with E-state index >= 15 is 0 Å². The molecule has 0 saturated carbocycles. The third-order valence-electron chi connectivity index (χ3n) is 4.90. The van der Waals surface area contributed by atoms with E-state index in [1.165, 1.54) is 18.3 Å². The maximum Gasteiger partial charge on any atom is 0.404 e. The van der Waals surface area contributed by atoms with Crippen LogP contribution in [0.2, 0.25) is 0 Å². The van der Waals surface area contributed by atoms with Gasteiger partial charge in [0.25, 0.3) is 5.91 Å². The highest BCUT2D eigenvalue weighted by molar-refractivity contribution is 7.94. The van der Waals surface area contributed by atoms with Crippen molar-refractivity contribution in [3.05, 3.63) is 35.2 Å². The summed E-state index contributed by atoms with van der Waals surface area (Å²) in [7, 11) is -4.34. The Labute approximate surface area is 164 Å². The predicted molar refractivity (Wildman–Crippen MR) is 95.6 cm³/mol. The summed E-state index contributed by atoms with van der Waals surface area (Å²) in [4.78, 5) is 51.2. The number of amides is 3. The van der Waals surface area contributed by atoms with E-state index in [0.717, 1.165) is 13.0 Å². The fourth-order valence-electron chi connectivity index (χ4n) is 3.45. The molecule has 2 aliphatic heterocycles. The molecular weight excluding hydrogens is 408 g/mol. The summed E-state index contributed by atoms with van der Waals surface area (Å²) in [6.45, 7) is 0.226. The smallest absolute Gasteiger partial charge is 0.404 e. The number of carbonyl (C=O) groups excluding carboxylic acids is 3. The lowest BCUT2D eigenvalue weighted by atomic mass is 9.94. The van der Waals surface area contributed by atoms with Crippen LogP contribution in [-0.2, 0) is 24.2 Å². The standard InChI is InChI=1S/C16H16N4O8S/c1-16(6-28-15(18)25)10(14(23)24)20-12(22)9(13(20)29(16,26)27)5-8-4-7(11(17)21)2-3-19-8/h2-5,10,13H,6H2,1H3,(H2,17,21)(H2,18,25)(H,23,24)/b9-5-/t10-,13?,16-/m0/s1. The average molecular weight is 424 g/mol. The van der Waals surface area contributed by atoms with E-state index in [0.29, 0.717) is 4.90 Å². The molecule has 154 valence electrons. The molecule has 13 heteroatoms. The number of aliphatic carboxylic acids is 1. The molecule has 5 N–H and O–H groups in total. The molecule has 3 atom stereocenters. The van der Waals surface area contributed by atoms with Gasteiger partial charge in [0.1, 0.15) is 11.4 Å². The van der Waals surface area contributed by atoms with E-state index in [9.17, 15) is 32.7 Å². The van der Waals surface area contributed by atoms with Crippen molar-refractivity contribution in [2.75, 3.05) is 6.61 Å². The Balaban J connectivity index is 2.07. The molecule has 1 aromatic rings. The minimum atomic E-state index is -4.34. The summed E-state index contributed by atoms with van der Waals surface area (Å²) in [6.07, 6.45) is 1.11. The molecule has 3 rings (SSSR count). The zero-order valence-electron chi connectivity index (χ0n) is 14.9. The van der Waals surface area contributed by atoms with Gasteiger partial charge in [-0.3, -0.25) is 14.6 Å². The Morgan fingerprint density at radius 1 is 1.38 bits per heavy atom. The molecular formula is C16H16N4O8S. The monoisotopic (exact) mass is 424 g/mol. The van der Waals surface area contributed by atoms with Crippen LogP contribution in [0, 0.1) is 0 Å². The number of carbonyl (C=O) groups is 4. The highest BCUT2D eigenvalue weighted by Gasteiger charge is 2.72. The SMILES string of the molecule is C[C@]1(COC(N)=O)[C@H](C(=O)O)N2C(=O)/C(=C/c3cc(C(N)=O)ccn3)C2S1(=O)=O. The summed E-state index contributed by atoms with van der Waals surface area (Å²) < 4.78 is 28.7. The number of primary amides is 2. The molecule has 2 fully saturated rings. The Kier molecular flexibility index (Phi) is 4.57. The van der Waals surface area contributed by atoms with Gasteiger partial charge in [0.2, 0.25) is 5.91 Å². The second-order valence-electron chi connectivity index (χ2n) is 6.70. The molecule has 29 heavy (non-hydrogen) atoms. The zero-order chi connectivity index (χ0) is 21.7. The number of carboxylic acid groups (broad SMARTS) is 1. The summed E-state index contributed by atoms with van der Waals surface area (Å²) >= 11 is 0. The van der Waals surface area contributed by atoms with Gasteiger partial charge in [-0.25, -0.2) is 18.0 Å². The van der Waals surface area contributed by atoms with Crippen molar-refractivity contribution in [1.29, 1.82) is 0 Å². The fourth-order valence-corrected chi connectivity index (χ4v) is 5.73. The van der Waals surface area contributed by atoms with Crippen LogP contribution < -0.4 is 11.5 Å². The summed E-state index contributed by atoms with van der Waals surface area (Å²) in [5.41, 5.74) is 10.0. The summed E-state index contributed by atoms with van der Waals surface area (Å²) in [5.74, 6) is -3.16. The maximum atomic E-state index is 13.1. The molecule has 0 aliphatic carbocycles. The number of rotatable bonds is 5. The van der Waals surface area contributed by atoms with Crippen LogP contribution >= 0.6 is 0 Å². The van der Waals surface area contributed by atoms with Crippen molar-refractivity contribution >= 4 is 39.8 Å². The van der Waals surface area contributed by atoms with Crippen molar-refractivity contribution < 1.29 is 37.4 Å². The number of β-lactam (4-membered cyclic amide) rings is 1. The van der Waals surface area contributed by atoms with Crippen LogP contribution in [-0.4, -0.2) is 70.1 Å². The number of pyridine rings is 1. The number of aromatic nitrogens is 1. The first-order chi connectivity index (χ1) is 13.4. The zero-order valence-corrected chi connectivity index (χ0v) is 15.8. The third kappa shape index (κ3) is 2.90. The average Bonchev–Trinajstić information content (AvgIpc) is 2.80. The predicted octanol–water partition coefficient (Wildman–Crippen LogP) is -1.53. The third-order valence-corrected chi connectivity index (χ3v) is 7.61. The minimum absolute atomic E-state index is 0.0906. The molecule has 1 aromatic heterocycles. The second kappa shape index (κ2) is 6.55. The quantitative estimate of drug-likeness (QED) is 0.370. The molecule has 3 heterocycles. The molecule has 0 bridgehead atoms. The maximum absolute atomic E-state index is 13.1. The topological polar surface area (TPSA) is 200 Å². The number of fused-ring (bicyclic) bond motifs is 1. The van der Waals surface area contributed by atoms with Crippen LogP contribution in [0.15, 0.2) is 23.9 Å². The van der Waals surface area contributed by atoms with Crippen LogP contribution in [0.5, 0.6) is 0 Å². The number of nitrogens with zero attached hydrogens (tertiary/aromatic N) is 2. The van der Waals surface area contributed by atoms with Gasteiger partial charge in [-0.15, -0.1) is 0 Å². The van der Waals surface area contributed by atoms with Gasteiger partial charge in [-0.2, -0.15) is 0 Å². The first-order valence-electron chi connectivity index (χ1n) is 8.10. The van der Waals surface area contributed by atoms with E-state index in [1.54, 1.807) is 0 Å². The number of carboxylic acids is 1. The molecule has 1 unspecified atom stereocenters. The van der Waals surface area contributed by atoms with Crippen molar-refractivity contribution in [3.8, 4) is 0 Å². The Morgan fingerprint density at radius 2 is 2.03 bits per heavy atom. The number of hydrogen-bond donors (Lipinski definition) is 3. The number of hydrogen-bond acceptors (Lipinski definition) is 8. The number of ether oxygens (including phenoxy) is 1. The van der Waals surface area contributed by atoms with E-state index in [-0.39, 0.29) is 16.8 Å². The fraction of sp³-hybridized carbons (Fsp3) is 0.312. The van der Waals surface area contributed by atoms with Crippen molar-refractivity contribution in [3.63, 3.8) is 0 Å². The van der Waals surface area contributed by atoms with Gasteiger partial charge in [-0.05, 0) is 25.1 Å². The van der Waals surface area contributed by atoms with Gasteiger partial charge in [-0.1, -0.05) is 0 Å². The highest BCUT2D eigenvalue weighted by atomic mass is 32.2. The lowest BCUT2D eigenvalue weighted by molar-refractivity contribution is -0.153. The van der Waals surface area contributed by atoms with Crippen LogP contribution in [0.4, 0.5) is 4.79 Å². The van der Waals surface area contributed by atoms with Gasteiger partial charge in [0.05, 0.1) is 11.3 Å². The van der Waals surface area contributed by atoms with E-state index in [1.807, 2.05) is 0 Å². The van der Waals surface area contributed by atoms with Crippen molar-refractivity contribution in [2.45, 2.75) is 23.1 Å². The number of sulfone groups is 1. The second-order valence-corrected chi connectivity index (χ2v) is 9.17. The molecule has 2 aliphatic rings. The molecule has 3 amide bonds. The van der Waals surface area contributed by atoms with Gasteiger partial charge in [0, 0.05) is 11.8 Å². The molecule has 0 aromatic carbocycles. The Hall–Kier alpha value is -3.48.